The van der Waals surface area contributed by atoms with Crippen molar-refractivity contribution in [3.8, 4) is 0 Å². The van der Waals surface area contributed by atoms with Gasteiger partial charge in [-0.2, -0.15) is 0 Å². The van der Waals surface area contributed by atoms with Crippen LogP contribution in [0.25, 0.3) is 0 Å². The highest BCUT2D eigenvalue weighted by molar-refractivity contribution is 5.89. The molecule has 0 heterocycles. The van der Waals surface area contributed by atoms with Crippen LogP contribution in [0.4, 0.5) is 0 Å². The molecule has 1 amide bonds. The van der Waals surface area contributed by atoms with Crippen LogP contribution in [0.3, 0.4) is 0 Å². The molecular formula is C20H32N2O2. The maximum Gasteiger partial charge on any atom is 0.241 e. The Labute approximate surface area is 146 Å². The van der Waals surface area contributed by atoms with Crippen molar-refractivity contribution in [1.29, 1.82) is 0 Å². The van der Waals surface area contributed by atoms with Gasteiger partial charge < -0.3 is 15.8 Å². The van der Waals surface area contributed by atoms with E-state index in [1.165, 1.54) is 16.7 Å². The molecule has 1 aliphatic rings. The van der Waals surface area contributed by atoms with Crippen LogP contribution in [-0.2, 0) is 16.0 Å². The molecule has 134 valence electrons. The third kappa shape index (κ3) is 3.35. The number of benzene rings is 1. The van der Waals surface area contributed by atoms with Crippen molar-refractivity contribution in [3.63, 3.8) is 0 Å². The monoisotopic (exact) mass is 332 g/mol. The van der Waals surface area contributed by atoms with Gasteiger partial charge in [-0.1, -0.05) is 37.6 Å². The highest BCUT2D eigenvalue weighted by atomic mass is 16.5. The van der Waals surface area contributed by atoms with Crippen molar-refractivity contribution in [2.24, 2.45) is 11.1 Å². The Morgan fingerprint density at radius 1 is 1.42 bits per heavy atom. The van der Waals surface area contributed by atoms with Gasteiger partial charge in [0.2, 0.25) is 5.91 Å². The number of aryl methyl sites for hydroxylation is 2. The number of rotatable bonds is 6. The summed E-state index contributed by atoms with van der Waals surface area (Å²) in [5.74, 6) is -0.0688. The maximum atomic E-state index is 12.8. The lowest BCUT2D eigenvalue weighted by molar-refractivity contribution is -0.171. The van der Waals surface area contributed by atoms with Gasteiger partial charge in [0.05, 0.1) is 6.10 Å². The molecule has 3 N–H and O–H groups in total. The van der Waals surface area contributed by atoms with Gasteiger partial charge in [-0.3, -0.25) is 4.79 Å². The first-order chi connectivity index (χ1) is 11.1. The van der Waals surface area contributed by atoms with E-state index in [0.717, 1.165) is 6.42 Å². The number of nitrogens with one attached hydrogen (secondary N) is 1. The SMILES string of the molecule is CCOC1CC(N)(C(=O)NC(C)Cc2ccc(C)cc2C)C1(C)C. The Hall–Kier alpha value is -1.39. The summed E-state index contributed by atoms with van der Waals surface area (Å²) in [7, 11) is 0. The van der Waals surface area contributed by atoms with Gasteiger partial charge in [0, 0.05) is 24.5 Å². The first-order valence-electron chi connectivity index (χ1n) is 8.89. The number of ether oxygens (including phenoxy) is 1. The van der Waals surface area contributed by atoms with Crippen LogP contribution in [0, 0.1) is 19.3 Å². The minimum absolute atomic E-state index is 0.0428. The number of carbonyl (C=O) groups excluding carboxylic acids is 1. The molecule has 1 aliphatic carbocycles. The molecule has 0 saturated heterocycles. The Bertz CT molecular complexity index is 612. The van der Waals surface area contributed by atoms with Gasteiger partial charge >= 0.3 is 0 Å². The van der Waals surface area contributed by atoms with Crippen molar-refractivity contribution in [2.75, 3.05) is 6.61 Å². The zero-order valence-electron chi connectivity index (χ0n) is 15.9. The van der Waals surface area contributed by atoms with E-state index >= 15 is 0 Å². The van der Waals surface area contributed by atoms with E-state index in [0.29, 0.717) is 13.0 Å². The predicted molar refractivity (Wildman–Crippen MR) is 98.0 cm³/mol. The largest absolute Gasteiger partial charge is 0.378 e. The second kappa shape index (κ2) is 6.85. The van der Waals surface area contributed by atoms with E-state index in [1.54, 1.807) is 0 Å². The fraction of sp³-hybridized carbons (Fsp3) is 0.650. The van der Waals surface area contributed by atoms with E-state index in [-0.39, 0.29) is 23.5 Å². The van der Waals surface area contributed by atoms with Gasteiger partial charge in [0.25, 0.3) is 0 Å². The Kier molecular flexibility index (Phi) is 5.41. The molecule has 0 radical (unpaired) electrons. The van der Waals surface area contributed by atoms with E-state index in [4.69, 9.17) is 10.5 Å². The van der Waals surface area contributed by atoms with Crippen molar-refractivity contribution >= 4 is 5.91 Å². The first kappa shape index (κ1) is 18.9. The number of amides is 1. The molecule has 1 saturated carbocycles. The summed E-state index contributed by atoms with van der Waals surface area (Å²) in [6.07, 6.45) is 1.44. The fourth-order valence-electron chi connectivity index (χ4n) is 3.63. The minimum atomic E-state index is -0.858. The topological polar surface area (TPSA) is 64.3 Å². The zero-order chi connectivity index (χ0) is 18.1. The molecule has 0 bridgehead atoms. The highest BCUT2D eigenvalue weighted by Gasteiger charge is 2.62. The molecule has 1 aromatic carbocycles. The zero-order valence-corrected chi connectivity index (χ0v) is 15.9. The van der Waals surface area contributed by atoms with Gasteiger partial charge in [0.1, 0.15) is 5.54 Å². The molecule has 2 rings (SSSR count). The Balaban J connectivity index is 1.99. The summed E-state index contributed by atoms with van der Waals surface area (Å²) < 4.78 is 5.71. The molecule has 0 aromatic heterocycles. The summed E-state index contributed by atoms with van der Waals surface area (Å²) in [6.45, 7) is 12.9. The van der Waals surface area contributed by atoms with Crippen LogP contribution in [0.15, 0.2) is 18.2 Å². The van der Waals surface area contributed by atoms with Gasteiger partial charge in [-0.15, -0.1) is 0 Å². The van der Waals surface area contributed by atoms with E-state index in [1.807, 2.05) is 27.7 Å². The summed E-state index contributed by atoms with van der Waals surface area (Å²) >= 11 is 0. The second-order valence-corrected chi connectivity index (χ2v) is 7.85. The average molecular weight is 332 g/mol. The van der Waals surface area contributed by atoms with Crippen molar-refractivity contribution in [1.82, 2.24) is 5.32 Å². The molecule has 1 aromatic rings. The number of carbonyl (C=O) groups is 1. The van der Waals surface area contributed by atoms with Crippen LogP contribution in [-0.4, -0.2) is 30.2 Å². The smallest absolute Gasteiger partial charge is 0.241 e. The van der Waals surface area contributed by atoms with Crippen LogP contribution in [0.1, 0.15) is 50.8 Å². The number of hydrogen-bond acceptors (Lipinski definition) is 3. The summed E-state index contributed by atoms with van der Waals surface area (Å²) in [6, 6.07) is 6.48. The third-order valence-corrected chi connectivity index (χ3v) is 5.64. The minimum Gasteiger partial charge on any atom is -0.378 e. The molecule has 4 nitrogen and oxygen atoms in total. The third-order valence-electron chi connectivity index (χ3n) is 5.64. The van der Waals surface area contributed by atoms with Crippen molar-refractivity contribution in [3.05, 3.63) is 34.9 Å². The number of hydrogen-bond donors (Lipinski definition) is 2. The van der Waals surface area contributed by atoms with E-state index in [2.05, 4.69) is 37.4 Å². The number of nitrogens with two attached hydrogens (primary N) is 1. The average Bonchev–Trinajstić information content (AvgIpc) is 2.49. The van der Waals surface area contributed by atoms with E-state index in [9.17, 15) is 4.79 Å². The summed E-state index contributed by atoms with van der Waals surface area (Å²) in [5.41, 5.74) is 9.01. The first-order valence-corrected chi connectivity index (χ1v) is 8.89. The van der Waals surface area contributed by atoms with Crippen molar-refractivity contribution in [2.45, 2.75) is 72.1 Å². The maximum absolute atomic E-state index is 12.8. The summed E-state index contributed by atoms with van der Waals surface area (Å²) in [5, 5.41) is 3.11. The lowest BCUT2D eigenvalue weighted by Gasteiger charge is -2.57. The summed E-state index contributed by atoms with van der Waals surface area (Å²) in [4.78, 5) is 12.8. The predicted octanol–water partition coefficient (Wildman–Crippen LogP) is 2.88. The van der Waals surface area contributed by atoms with Crippen LogP contribution >= 0.6 is 0 Å². The van der Waals surface area contributed by atoms with Crippen LogP contribution in [0.2, 0.25) is 0 Å². The van der Waals surface area contributed by atoms with Gasteiger partial charge in [0.15, 0.2) is 0 Å². The van der Waals surface area contributed by atoms with Gasteiger partial charge in [-0.05, 0) is 45.2 Å². The molecule has 3 atom stereocenters. The quantitative estimate of drug-likeness (QED) is 0.842. The van der Waals surface area contributed by atoms with Crippen LogP contribution in [0.5, 0.6) is 0 Å². The molecule has 0 aliphatic heterocycles. The normalized spacial score (nSPS) is 26.5. The van der Waals surface area contributed by atoms with Crippen LogP contribution < -0.4 is 11.1 Å². The second-order valence-electron chi connectivity index (χ2n) is 7.85. The Morgan fingerprint density at radius 2 is 2.08 bits per heavy atom. The fourth-order valence-corrected chi connectivity index (χ4v) is 3.63. The molecular weight excluding hydrogens is 300 g/mol. The lowest BCUT2D eigenvalue weighted by Crippen LogP contribution is -2.76. The standard InChI is InChI=1S/C20H32N2O2/c1-7-24-17-12-20(21,19(17,5)6)18(23)22-15(4)11-16-9-8-13(2)10-14(16)3/h8-10,15,17H,7,11-12,21H2,1-6H3,(H,22,23). The molecule has 0 spiro atoms. The highest BCUT2D eigenvalue weighted by Crippen LogP contribution is 2.49. The molecule has 1 fully saturated rings. The molecule has 3 unspecified atom stereocenters. The van der Waals surface area contributed by atoms with E-state index < -0.39 is 5.54 Å². The van der Waals surface area contributed by atoms with Crippen molar-refractivity contribution < 1.29 is 9.53 Å². The lowest BCUT2D eigenvalue weighted by atomic mass is 9.54. The van der Waals surface area contributed by atoms with Gasteiger partial charge in [-0.25, -0.2) is 0 Å². The Morgan fingerprint density at radius 3 is 2.62 bits per heavy atom. The molecule has 4 heteroatoms. The molecule has 24 heavy (non-hydrogen) atoms.